The quantitative estimate of drug-likeness (QED) is 0.716. The molecule has 1 atom stereocenters. The highest BCUT2D eigenvalue weighted by Gasteiger charge is 2.18. The first kappa shape index (κ1) is 16.7. The van der Waals surface area contributed by atoms with Gasteiger partial charge in [-0.3, -0.25) is 9.59 Å². The third kappa shape index (κ3) is 4.94. The molecule has 0 fully saturated rings. The molecule has 0 spiro atoms. The number of aliphatic hydroxyl groups is 1. The summed E-state index contributed by atoms with van der Waals surface area (Å²) in [7, 11) is 0. The normalized spacial score (nSPS) is 11.8. The summed E-state index contributed by atoms with van der Waals surface area (Å²) in [6.07, 6.45) is 1.10. The van der Waals surface area contributed by atoms with Gasteiger partial charge in [-0.05, 0) is 43.5 Å². The summed E-state index contributed by atoms with van der Waals surface area (Å²) in [6, 6.07) is 5.19. The predicted molar refractivity (Wildman–Crippen MR) is 81.4 cm³/mol. The Labute approximate surface area is 126 Å². The maximum atomic E-state index is 11.8. The number of hydrogen-bond acceptors (Lipinski definition) is 3. The lowest BCUT2D eigenvalue weighted by atomic mass is 10.1. The molecule has 1 aromatic carbocycles. The molecule has 0 heterocycles. The number of aliphatic hydroxyl groups excluding tert-OH is 1. The predicted octanol–water partition coefficient (Wildman–Crippen LogP) is 1.97. The molecule has 1 aromatic rings. The molecule has 5 nitrogen and oxygen atoms in total. The molecule has 0 aliphatic carbocycles. The van der Waals surface area contributed by atoms with Gasteiger partial charge >= 0.3 is 11.8 Å². The number of halogens is 1. The summed E-state index contributed by atoms with van der Waals surface area (Å²) in [4.78, 5) is 23.6. The number of hydrogen-bond donors (Lipinski definition) is 3. The van der Waals surface area contributed by atoms with E-state index in [9.17, 15) is 9.59 Å². The van der Waals surface area contributed by atoms with Gasteiger partial charge in [-0.2, -0.15) is 0 Å². The average Bonchev–Trinajstić information content (AvgIpc) is 2.41. The maximum absolute atomic E-state index is 11.8. The lowest BCUT2D eigenvalue weighted by molar-refractivity contribution is -0.136. The molecule has 0 aromatic heterocycles. The number of nitrogens with one attached hydrogen (secondary N) is 2. The topological polar surface area (TPSA) is 78.4 Å². The molecule has 0 saturated carbocycles. The number of amides is 2. The first-order chi connectivity index (χ1) is 9.47. The Hall–Kier alpha value is -1.40. The number of rotatable bonds is 5. The minimum Gasteiger partial charge on any atom is -0.396 e. The van der Waals surface area contributed by atoms with Crippen LogP contribution in [0.2, 0.25) is 0 Å². The fourth-order valence-electron chi connectivity index (χ4n) is 1.73. The first-order valence-electron chi connectivity index (χ1n) is 6.46. The molecule has 3 N–H and O–H groups in total. The second-order valence-electron chi connectivity index (χ2n) is 4.50. The highest BCUT2D eigenvalue weighted by molar-refractivity contribution is 9.10. The second kappa shape index (κ2) is 8.01. The van der Waals surface area contributed by atoms with E-state index in [1.165, 1.54) is 0 Å². The van der Waals surface area contributed by atoms with E-state index in [1.54, 1.807) is 12.1 Å². The first-order valence-corrected chi connectivity index (χ1v) is 7.26. The van der Waals surface area contributed by atoms with E-state index in [2.05, 4.69) is 26.6 Å². The molecule has 2 amide bonds. The Bertz CT molecular complexity index is 491. The van der Waals surface area contributed by atoms with Crippen LogP contribution in [0.3, 0.4) is 0 Å². The summed E-state index contributed by atoms with van der Waals surface area (Å²) in [6.45, 7) is 3.71. The van der Waals surface area contributed by atoms with Gasteiger partial charge in [0.1, 0.15) is 0 Å². The van der Waals surface area contributed by atoms with Crippen LogP contribution in [-0.2, 0) is 9.59 Å². The Morgan fingerprint density at radius 2 is 2.05 bits per heavy atom. The van der Waals surface area contributed by atoms with Crippen molar-refractivity contribution < 1.29 is 14.7 Å². The fourth-order valence-corrected chi connectivity index (χ4v) is 2.21. The van der Waals surface area contributed by atoms with Crippen molar-refractivity contribution in [3.63, 3.8) is 0 Å². The van der Waals surface area contributed by atoms with Crippen LogP contribution < -0.4 is 10.6 Å². The number of anilines is 1. The van der Waals surface area contributed by atoms with Crippen LogP contribution in [0.15, 0.2) is 22.7 Å². The van der Waals surface area contributed by atoms with E-state index in [0.29, 0.717) is 18.5 Å². The molecule has 0 bridgehead atoms. The Balaban J connectivity index is 2.63. The van der Waals surface area contributed by atoms with Gasteiger partial charge in [0.05, 0.1) is 0 Å². The number of benzene rings is 1. The fraction of sp³-hybridized carbons (Fsp3) is 0.429. The molecular formula is C14H19BrN2O3. The van der Waals surface area contributed by atoms with Gasteiger partial charge in [0.15, 0.2) is 0 Å². The van der Waals surface area contributed by atoms with Crippen LogP contribution in [0.25, 0.3) is 0 Å². The van der Waals surface area contributed by atoms with Gasteiger partial charge in [0, 0.05) is 22.8 Å². The van der Waals surface area contributed by atoms with Crippen molar-refractivity contribution in [2.75, 3.05) is 11.9 Å². The molecule has 0 saturated heterocycles. The van der Waals surface area contributed by atoms with E-state index < -0.39 is 11.8 Å². The number of carbonyl (C=O) groups excluding carboxylic acids is 2. The zero-order valence-corrected chi connectivity index (χ0v) is 13.2. The van der Waals surface area contributed by atoms with Crippen LogP contribution in [0, 0.1) is 6.92 Å². The van der Waals surface area contributed by atoms with Crippen molar-refractivity contribution in [2.24, 2.45) is 0 Å². The maximum Gasteiger partial charge on any atom is 0.313 e. The molecule has 0 aliphatic rings. The van der Waals surface area contributed by atoms with Gasteiger partial charge in [0.2, 0.25) is 0 Å². The molecule has 110 valence electrons. The molecular weight excluding hydrogens is 324 g/mol. The van der Waals surface area contributed by atoms with Crippen molar-refractivity contribution >= 4 is 33.4 Å². The van der Waals surface area contributed by atoms with Crippen molar-refractivity contribution in [3.05, 3.63) is 28.2 Å². The van der Waals surface area contributed by atoms with E-state index in [-0.39, 0.29) is 12.6 Å². The summed E-state index contributed by atoms with van der Waals surface area (Å²) >= 11 is 3.34. The van der Waals surface area contributed by atoms with E-state index in [1.807, 2.05) is 19.9 Å². The minimum atomic E-state index is -0.702. The third-order valence-electron chi connectivity index (χ3n) is 2.95. The highest BCUT2D eigenvalue weighted by atomic mass is 79.9. The van der Waals surface area contributed by atoms with Crippen LogP contribution in [0.5, 0.6) is 0 Å². The molecule has 1 unspecified atom stereocenters. The SMILES string of the molecule is CCC(CCO)NC(=O)C(=O)Nc1ccc(Br)cc1C. The third-order valence-corrected chi connectivity index (χ3v) is 3.44. The minimum absolute atomic E-state index is 0.0216. The van der Waals surface area contributed by atoms with Crippen molar-refractivity contribution in [2.45, 2.75) is 32.7 Å². The van der Waals surface area contributed by atoms with Gasteiger partial charge < -0.3 is 15.7 Å². The molecule has 1 rings (SSSR count). The van der Waals surface area contributed by atoms with Gasteiger partial charge in [-0.25, -0.2) is 0 Å². The largest absolute Gasteiger partial charge is 0.396 e. The zero-order chi connectivity index (χ0) is 15.1. The van der Waals surface area contributed by atoms with E-state index in [4.69, 9.17) is 5.11 Å². The molecule has 6 heteroatoms. The molecule has 0 aliphatic heterocycles. The number of carbonyl (C=O) groups is 2. The van der Waals surface area contributed by atoms with Gasteiger partial charge in [-0.1, -0.05) is 22.9 Å². The van der Waals surface area contributed by atoms with Crippen LogP contribution in [0.1, 0.15) is 25.3 Å². The van der Waals surface area contributed by atoms with Crippen molar-refractivity contribution in [1.82, 2.24) is 5.32 Å². The number of aryl methyl sites for hydroxylation is 1. The summed E-state index contributed by atoms with van der Waals surface area (Å²) in [5.41, 5.74) is 1.46. The summed E-state index contributed by atoms with van der Waals surface area (Å²) < 4.78 is 0.909. The lowest BCUT2D eigenvalue weighted by Gasteiger charge is -2.15. The van der Waals surface area contributed by atoms with Crippen LogP contribution in [-0.4, -0.2) is 29.6 Å². The van der Waals surface area contributed by atoms with Gasteiger partial charge in [-0.15, -0.1) is 0 Å². The zero-order valence-electron chi connectivity index (χ0n) is 11.6. The second-order valence-corrected chi connectivity index (χ2v) is 5.42. The highest BCUT2D eigenvalue weighted by Crippen LogP contribution is 2.19. The standard InChI is InChI=1S/C14H19BrN2O3/c1-3-11(6-7-18)16-13(19)14(20)17-12-5-4-10(15)8-9(12)2/h4-5,8,11,18H,3,6-7H2,1-2H3,(H,16,19)(H,17,20). The van der Waals surface area contributed by atoms with Crippen LogP contribution in [0.4, 0.5) is 5.69 Å². The Morgan fingerprint density at radius 1 is 1.35 bits per heavy atom. The summed E-state index contributed by atoms with van der Waals surface area (Å²) in [5, 5.41) is 14.0. The van der Waals surface area contributed by atoms with Crippen molar-refractivity contribution in [3.8, 4) is 0 Å². The smallest absolute Gasteiger partial charge is 0.313 e. The Morgan fingerprint density at radius 3 is 2.60 bits per heavy atom. The van der Waals surface area contributed by atoms with E-state index in [0.717, 1.165) is 10.0 Å². The van der Waals surface area contributed by atoms with Gasteiger partial charge in [0.25, 0.3) is 0 Å². The molecule has 20 heavy (non-hydrogen) atoms. The summed E-state index contributed by atoms with van der Waals surface area (Å²) in [5.74, 6) is -1.39. The lowest BCUT2D eigenvalue weighted by Crippen LogP contribution is -2.42. The van der Waals surface area contributed by atoms with E-state index >= 15 is 0 Å². The molecule has 0 radical (unpaired) electrons. The monoisotopic (exact) mass is 342 g/mol. The average molecular weight is 343 g/mol. The van der Waals surface area contributed by atoms with Crippen LogP contribution >= 0.6 is 15.9 Å². The Kier molecular flexibility index (Phi) is 6.67. The van der Waals surface area contributed by atoms with Crippen molar-refractivity contribution in [1.29, 1.82) is 0 Å².